The molecule has 2 N–H and O–H groups in total. The maximum absolute atomic E-state index is 12.5. The SMILES string of the molecule is COc1cc2nc(=S)n3c(c2cc1OC)N[C@H](CCC(=O)O)C3=O. The first kappa shape index (κ1) is 16.2. The topological polar surface area (TPSA) is 103 Å². The number of carboxylic acid groups (broad SMARTS) is 1. The summed E-state index contributed by atoms with van der Waals surface area (Å²) in [6.07, 6.45) is 0.0482. The summed E-state index contributed by atoms with van der Waals surface area (Å²) in [4.78, 5) is 27.5. The van der Waals surface area contributed by atoms with Crippen LogP contribution in [0.25, 0.3) is 10.9 Å². The number of nitrogens with one attached hydrogen (secondary N) is 1. The number of carbonyl (C=O) groups is 2. The number of fused-ring (bicyclic) bond motifs is 3. The first-order valence-electron chi connectivity index (χ1n) is 7.17. The Bertz CT molecular complexity index is 908. The Labute approximate surface area is 142 Å². The molecule has 0 bridgehead atoms. The van der Waals surface area contributed by atoms with Crippen molar-refractivity contribution in [2.75, 3.05) is 19.5 Å². The van der Waals surface area contributed by atoms with Gasteiger partial charge in [-0.3, -0.25) is 9.59 Å². The first-order chi connectivity index (χ1) is 11.5. The number of ether oxygens (including phenoxy) is 2. The van der Waals surface area contributed by atoms with Crippen LogP contribution in [0.5, 0.6) is 11.5 Å². The third kappa shape index (κ3) is 2.56. The average molecular weight is 349 g/mol. The predicted molar refractivity (Wildman–Crippen MR) is 88.6 cm³/mol. The zero-order valence-electron chi connectivity index (χ0n) is 13.0. The molecule has 0 unspecified atom stereocenters. The lowest BCUT2D eigenvalue weighted by Crippen LogP contribution is -2.25. The molecule has 0 aliphatic carbocycles. The van der Waals surface area contributed by atoms with Crippen LogP contribution in [0, 0.1) is 4.77 Å². The van der Waals surface area contributed by atoms with E-state index in [4.69, 9.17) is 26.8 Å². The largest absolute Gasteiger partial charge is 0.493 e. The molecule has 1 atom stereocenters. The molecule has 0 fully saturated rings. The van der Waals surface area contributed by atoms with Gasteiger partial charge in [0, 0.05) is 17.9 Å². The molecule has 0 amide bonds. The second kappa shape index (κ2) is 6.08. The number of benzene rings is 1. The molecule has 1 aromatic carbocycles. The second-order valence-electron chi connectivity index (χ2n) is 5.27. The van der Waals surface area contributed by atoms with Crippen LogP contribution in [0.1, 0.15) is 17.6 Å². The van der Waals surface area contributed by atoms with Crippen LogP contribution in [0.3, 0.4) is 0 Å². The summed E-state index contributed by atoms with van der Waals surface area (Å²) in [6.45, 7) is 0. The van der Waals surface area contributed by atoms with Crippen LogP contribution in [-0.2, 0) is 4.79 Å². The summed E-state index contributed by atoms with van der Waals surface area (Å²) in [5.74, 6) is 0.226. The molecular formula is C15H15N3O5S. The highest BCUT2D eigenvalue weighted by Gasteiger charge is 2.32. The van der Waals surface area contributed by atoms with Crippen molar-refractivity contribution in [3.05, 3.63) is 16.9 Å². The summed E-state index contributed by atoms with van der Waals surface area (Å²) in [5, 5.41) is 12.5. The Kier molecular flexibility index (Phi) is 4.10. The standard InChI is InChI=1S/C15H15N3O5S/c1-22-10-5-7-9(6-11(10)23-2)17-15(24)18-13(7)16-8(14(18)21)3-4-12(19)20/h5-6,8,16H,3-4H2,1-2H3,(H,19,20)/t8-/m1/s1. The van der Waals surface area contributed by atoms with Gasteiger partial charge in [-0.25, -0.2) is 9.55 Å². The lowest BCUT2D eigenvalue weighted by atomic mass is 10.1. The van der Waals surface area contributed by atoms with E-state index >= 15 is 0 Å². The highest BCUT2D eigenvalue weighted by molar-refractivity contribution is 7.71. The van der Waals surface area contributed by atoms with Crippen molar-refractivity contribution in [3.8, 4) is 11.5 Å². The number of hydrogen-bond donors (Lipinski definition) is 2. The third-order valence-electron chi connectivity index (χ3n) is 3.86. The van der Waals surface area contributed by atoms with Gasteiger partial charge in [0.1, 0.15) is 11.9 Å². The quantitative estimate of drug-likeness (QED) is 0.791. The van der Waals surface area contributed by atoms with E-state index in [0.29, 0.717) is 28.2 Å². The number of aromatic nitrogens is 2. The monoisotopic (exact) mass is 349 g/mol. The second-order valence-corrected chi connectivity index (χ2v) is 5.64. The number of aliphatic carboxylic acids is 1. The van der Waals surface area contributed by atoms with Crippen molar-refractivity contribution in [3.63, 3.8) is 0 Å². The fraction of sp³-hybridized carbons (Fsp3) is 0.333. The van der Waals surface area contributed by atoms with E-state index in [0.717, 1.165) is 0 Å². The smallest absolute Gasteiger partial charge is 0.303 e. The lowest BCUT2D eigenvalue weighted by Gasteiger charge is -2.11. The Balaban J connectivity index is 2.14. The zero-order valence-corrected chi connectivity index (χ0v) is 13.8. The van der Waals surface area contributed by atoms with Gasteiger partial charge in [0.05, 0.1) is 19.7 Å². The van der Waals surface area contributed by atoms with Gasteiger partial charge in [-0.2, -0.15) is 0 Å². The fourth-order valence-corrected chi connectivity index (χ4v) is 2.99. The van der Waals surface area contributed by atoms with Gasteiger partial charge >= 0.3 is 5.97 Å². The Morgan fingerprint density at radius 3 is 2.67 bits per heavy atom. The number of anilines is 1. The predicted octanol–water partition coefficient (Wildman–Crippen LogP) is 2.08. The molecule has 1 aliphatic heterocycles. The summed E-state index contributed by atoms with van der Waals surface area (Å²) < 4.78 is 12.0. The molecule has 1 aromatic heterocycles. The van der Waals surface area contributed by atoms with Crippen molar-refractivity contribution in [1.82, 2.24) is 9.55 Å². The highest BCUT2D eigenvalue weighted by Crippen LogP contribution is 2.36. The minimum absolute atomic E-state index is 0.111. The van der Waals surface area contributed by atoms with Crippen LogP contribution in [0.2, 0.25) is 0 Å². The van der Waals surface area contributed by atoms with Gasteiger partial charge in [0.2, 0.25) is 4.77 Å². The van der Waals surface area contributed by atoms with Gasteiger partial charge in [0.15, 0.2) is 11.5 Å². The molecule has 0 saturated carbocycles. The maximum Gasteiger partial charge on any atom is 0.303 e. The van der Waals surface area contributed by atoms with Gasteiger partial charge < -0.3 is 19.9 Å². The molecule has 3 rings (SSSR count). The molecule has 2 aromatic rings. The minimum atomic E-state index is -0.960. The van der Waals surface area contributed by atoms with E-state index in [2.05, 4.69) is 10.3 Å². The normalized spacial score (nSPS) is 15.9. The van der Waals surface area contributed by atoms with Gasteiger partial charge in [0.25, 0.3) is 5.91 Å². The van der Waals surface area contributed by atoms with Crippen LogP contribution >= 0.6 is 12.2 Å². The van der Waals surface area contributed by atoms with E-state index < -0.39 is 12.0 Å². The molecular weight excluding hydrogens is 334 g/mol. The summed E-state index contributed by atoms with van der Waals surface area (Å²) in [5.41, 5.74) is 0.558. The molecule has 8 nitrogen and oxygen atoms in total. The van der Waals surface area contributed by atoms with Crippen molar-refractivity contribution in [1.29, 1.82) is 0 Å². The number of carbonyl (C=O) groups excluding carboxylic acids is 1. The number of hydrogen-bond acceptors (Lipinski definition) is 7. The molecule has 2 heterocycles. The summed E-state index contributed by atoms with van der Waals surface area (Å²) in [6, 6.07) is 2.74. The van der Waals surface area contributed by atoms with Gasteiger partial charge in [-0.1, -0.05) is 0 Å². The van der Waals surface area contributed by atoms with Crippen molar-refractivity contribution < 1.29 is 24.2 Å². The lowest BCUT2D eigenvalue weighted by molar-refractivity contribution is -0.137. The van der Waals surface area contributed by atoms with E-state index in [1.165, 1.54) is 18.8 Å². The molecule has 24 heavy (non-hydrogen) atoms. The molecule has 9 heteroatoms. The first-order valence-corrected chi connectivity index (χ1v) is 7.58. The van der Waals surface area contributed by atoms with Crippen molar-refractivity contribution in [2.24, 2.45) is 0 Å². The fourth-order valence-electron chi connectivity index (χ4n) is 2.71. The Morgan fingerprint density at radius 2 is 2.04 bits per heavy atom. The highest BCUT2D eigenvalue weighted by atomic mass is 32.1. The summed E-state index contributed by atoms with van der Waals surface area (Å²) in [7, 11) is 3.03. The number of methoxy groups -OCH3 is 2. The number of nitrogens with zero attached hydrogens (tertiary/aromatic N) is 2. The van der Waals surface area contributed by atoms with Gasteiger partial charge in [-0.05, 0) is 24.7 Å². The van der Waals surface area contributed by atoms with Crippen molar-refractivity contribution >= 4 is 40.8 Å². The minimum Gasteiger partial charge on any atom is -0.493 e. The van der Waals surface area contributed by atoms with E-state index in [9.17, 15) is 9.59 Å². The molecule has 0 radical (unpaired) electrons. The average Bonchev–Trinajstić information content (AvgIpc) is 2.89. The van der Waals surface area contributed by atoms with E-state index in [1.807, 2.05) is 0 Å². The van der Waals surface area contributed by atoms with Gasteiger partial charge in [-0.15, -0.1) is 0 Å². The molecule has 1 aliphatic rings. The summed E-state index contributed by atoms with van der Waals surface area (Å²) >= 11 is 5.22. The maximum atomic E-state index is 12.5. The van der Waals surface area contributed by atoms with E-state index in [-0.39, 0.29) is 23.5 Å². The van der Waals surface area contributed by atoms with Crippen LogP contribution in [0.15, 0.2) is 12.1 Å². The number of rotatable bonds is 5. The Hall–Kier alpha value is -2.68. The Morgan fingerprint density at radius 1 is 1.38 bits per heavy atom. The van der Waals surface area contributed by atoms with Crippen LogP contribution < -0.4 is 14.8 Å². The van der Waals surface area contributed by atoms with E-state index in [1.54, 1.807) is 12.1 Å². The third-order valence-corrected chi connectivity index (χ3v) is 4.14. The number of carboxylic acids is 1. The van der Waals surface area contributed by atoms with Crippen LogP contribution in [-0.4, -0.2) is 46.8 Å². The zero-order chi connectivity index (χ0) is 17.4. The molecule has 0 saturated heterocycles. The molecule has 0 spiro atoms. The van der Waals surface area contributed by atoms with Crippen molar-refractivity contribution in [2.45, 2.75) is 18.9 Å². The molecule has 126 valence electrons. The van der Waals surface area contributed by atoms with Crippen LogP contribution in [0.4, 0.5) is 5.82 Å².